The predicted octanol–water partition coefficient (Wildman–Crippen LogP) is 6.56. The number of non-ortho nitro benzene ring substituents is 1. The molecule has 2 heterocycles. The smallest absolute Gasteiger partial charge is 0.270 e. The third kappa shape index (κ3) is 3.36. The van der Waals surface area contributed by atoms with E-state index in [-0.39, 0.29) is 22.8 Å². The zero-order valence-corrected chi connectivity index (χ0v) is 22.2. The van der Waals surface area contributed by atoms with E-state index in [1.807, 2.05) is 41.3 Å². The molecule has 4 aromatic rings. The summed E-state index contributed by atoms with van der Waals surface area (Å²) in [5, 5.41) is 11.9. The van der Waals surface area contributed by atoms with Crippen LogP contribution >= 0.6 is 11.6 Å². The number of para-hydroxylation sites is 1. The van der Waals surface area contributed by atoms with Gasteiger partial charge in [-0.15, -0.1) is 0 Å². The summed E-state index contributed by atoms with van der Waals surface area (Å²) in [5.74, 6) is -2.16. The molecule has 0 radical (unpaired) electrons. The summed E-state index contributed by atoms with van der Waals surface area (Å²) in [7, 11) is 0. The zero-order valence-electron chi connectivity index (χ0n) is 21.4. The molecular weight excluding hydrogens is 540 g/mol. The number of nitro benzene ring substituents is 1. The van der Waals surface area contributed by atoms with Crippen LogP contribution in [0.1, 0.15) is 48.1 Å². The molecule has 3 aliphatic rings. The standard InChI is InChI=1S/C33H21ClN2O5/c34-25-14-5-4-13-24(25)28-29(30(37)20-9-7-10-21(18-20)36(40)41)35-26-15-6-1-8-19(26)16-17-27(35)33(28)31(38)22-11-2-3-12-23(22)32(33)39/h1-18,27-29H/t27?,28-,29+/m0/s1. The molecule has 7 rings (SSSR count). The van der Waals surface area contributed by atoms with Crippen molar-refractivity contribution in [1.82, 2.24) is 0 Å². The second kappa shape index (κ2) is 9.08. The second-order valence-corrected chi connectivity index (χ2v) is 10.9. The maximum absolute atomic E-state index is 14.7. The van der Waals surface area contributed by atoms with Crippen LogP contribution in [0.5, 0.6) is 0 Å². The lowest BCUT2D eigenvalue weighted by Gasteiger charge is -2.37. The number of fused-ring (bicyclic) bond motifs is 5. The Labute approximate surface area is 239 Å². The van der Waals surface area contributed by atoms with Gasteiger partial charge in [-0.3, -0.25) is 24.5 Å². The van der Waals surface area contributed by atoms with Gasteiger partial charge in [0.15, 0.2) is 17.3 Å². The minimum absolute atomic E-state index is 0.111. The largest absolute Gasteiger partial charge is 0.352 e. The lowest BCUT2D eigenvalue weighted by atomic mass is 9.64. The van der Waals surface area contributed by atoms with E-state index in [1.165, 1.54) is 24.3 Å². The molecule has 1 aliphatic carbocycles. The van der Waals surface area contributed by atoms with Crippen LogP contribution in [-0.4, -0.2) is 34.4 Å². The van der Waals surface area contributed by atoms with Crippen LogP contribution in [-0.2, 0) is 0 Å². The zero-order chi connectivity index (χ0) is 28.5. The molecule has 1 unspecified atom stereocenters. The Morgan fingerprint density at radius 2 is 1.51 bits per heavy atom. The van der Waals surface area contributed by atoms with Gasteiger partial charge in [0.05, 0.1) is 11.0 Å². The van der Waals surface area contributed by atoms with Gasteiger partial charge in [-0.25, -0.2) is 0 Å². The normalized spacial score (nSPS) is 21.5. The fourth-order valence-electron chi connectivity index (χ4n) is 6.93. The highest BCUT2D eigenvalue weighted by Gasteiger charge is 2.71. The number of anilines is 1. The Balaban J connectivity index is 1.55. The predicted molar refractivity (Wildman–Crippen MR) is 155 cm³/mol. The van der Waals surface area contributed by atoms with Gasteiger partial charge < -0.3 is 4.90 Å². The average molecular weight is 561 g/mol. The van der Waals surface area contributed by atoms with E-state index < -0.39 is 34.1 Å². The van der Waals surface area contributed by atoms with Crippen molar-refractivity contribution in [2.24, 2.45) is 5.41 Å². The van der Waals surface area contributed by atoms with Gasteiger partial charge in [0, 0.05) is 45.5 Å². The molecule has 0 saturated carbocycles. The molecule has 1 fully saturated rings. The van der Waals surface area contributed by atoms with E-state index in [0.717, 1.165) is 5.56 Å². The van der Waals surface area contributed by atoms with Gasteiger partial charge in [-0.2, -0.15) is 0 Å². The molecule has 4 aromatic carbocycles. The van der Waals surface area contributed by atoms with Crippen LogP contribution in [0.2, 0.25) is 5.02 Å². The van der Waals surface area contributed by atoms with Gasteiger partial charge in [-0.1, -0.05) is 96.5 Å². The lowest BCUT2D eigenvalue weighted by molar-refractivity contribution is -0.384. The minimum atomic E-state index is -1.69. The maximum Gasteiger partial charge on any atom is 0.270 e. The quantitative estimate of drug-likeness (QED) is 0.121. The highest BCUT2D eigenvalue weighted by molar-refractivity contribution is 6.34. The van der Waals surface area contributed by atoms with E-state index in [1.54, 1.807) is 48.5 Å². The van der Waals surface area contributed by atoms with Crippen LogP contribution in [0.15, 0.2) is 103 Å². The molecule has 8 heteroatoms. The first-order valence-electron chi connectivity index (χ1n) is 13.1. The summed E-state index contributed by atoms with van der Waals surface area (Å²) in [5.41, 5.74) is 0.816. The summed E-state index contributed by atoms with van der Waals surface area (Å²) >= 11 is 6.79. The Morgan fingerprint density at radius 3 is 2.22 bits per heavy atom. The van der Waals surface area contributed by atoms with E-state index in [9.17, 15) is 24.5 Å². The van der Waals surface area contributed by atoms with E-state index in [2.05, 4.69) is 0 Å². The maximum atomic E-state index is 14.7. The van der Waals surface area contributed by atoms with Gasteiger partial charge in [0.2, 0.25) is 0 Å². The summed E-state index contributed by atoms with van der Waals surface area (Å²) in [6, 6.07) is 24.8. The number of nitro groups is 1. The van der Waals surface area contributed by atoms with E-state index >= 15 is 0 Å². The van der Waals surface area contributed by atoms with Crippen molar-refractivity contribution in [2.45, 2.75) is 18.0 Å². The van der Waals surface area contributed by atoms with Crippen molar-refractivity contribution < 1.29 is 19.3 Å². The van der Waals surface area contributed by atoms with Gasteiger partial charge in [-0.05, 0) is 23.3 Å². The fourth-order valence-corrected chi connectivity index (χ4v) is 7.18. The number of hydrogen-bond acceptors (Lipinski definition) is 6. The van der Waals surface area contributed by atoms with Crippen molar-refractivity contribution in [2.75, 3.05) is 4.90 Å². The molecule has 3 atom stereocenters. The summed E-state index contributed by atoms with van der Waals surface area (Å²) in [6.07, 6.45) is 3.71. The first-order valence-corrected chi connectivity index (χ1v) is 13.5. The molecule has 2 aliphatic heterocycles. The Kier molecular flexibility index (Phi) is 5.56. The molecule has 0 amide bonds. The summed E-state index contributed by atoms with van der Waals surface area (Å²) in [6.45, 7) is 0. The minimum Gasteiger partial charge on any atom is -0.352 e. The number of rotatable bonds is 4. The number of halogens is 1. The Bertz CT molecular complexity index is 1810. The highest BCUT2D eigenvalue weighted by Crippen LogP contribution is 2.61. The summed E-state index contributed by atoms with van der Waals surface area (Å²) < 4.78 is 0. The number of Topliss-reactive ketones (excluding diaryl/α,β-unsaturated/α-hetero) is 3. The van der Waals surface area contributed by atoms with Crippen LogP contribution in [0.25, 0.3) is 6.08 Å². The van der Waals surface area contributed by atoms with E-state index in [4.69, 9.17) is 11.6 Å². The second-order valence-electron chi connectivity index (χ2n) is 10.5. The average Bonchev–Trinajstić information content (AvgIpc) is 3.43. The number of carbonyl (C=O) groups excluding carboxylic acids is 3. The number of nitrogens with zero attached hydrogens (tertiary/aromatic N) is 2. The molecule has 1 spiro atoms. The van der Waals surface area contributed by atoms with Gasteiger partial charge in [0.25, 0.3) is 5.69 Å². The number of hydrogen-bond donors (Lipinski definition) is 0. The summed E-state index contributed by atoms with van der Waals surface area (Å²) in [4.78, 5) is 56.8. The molecule has 7 nitrogen and oxygen atoms in total. The molecule has 0 N–H and O–H groups in total. The Morgan fingerprint density at radius 1 is 0.854 bits per heavy atom. The van der Waals surface area contributed by atoms with Crippen molar-refractivity contribution in [3.05, 3.63) is 146 Å². The molecule has 0 bridgehead atoms. The molecule has 41 heavy (non-hydrogen) atoms. The van der Waals surface area contributed by atoms with Gasteiger partial charge >= 0.3 is 0 Å². The fraction of sp³-hybridized carbons (Fsp3) is 0.121. The van der Waals surface area contributed by atoms with Crippen LogP contribution in [0, 0.1) is 15.5 Å². The first kappa shape index (κ1) is 25.1. The highest BCUT2D eigenvalue weighted by atomic mass is 35.5. The third-order valence-corrected chi connectivity index (χ3v) is 8.91. The molecule has 1 saturated heterocycles. The SMILES string of the molecule is O=C(c1cccc([N+](=O)[O-])c1)[C@H]1[C@H](c2ccccc2Cl)C2(C(=O)c3ccccc3C2=O)C2C=Cc3ccccc3N21. The van der Waals surface area contributed by atoms with Crippen molar-refractivity contribution >= 4 is 46.4 Å². The van der Waals surface area contributed by atoms with Crippen LogP contribution < -0.4 is 4.90 Å². The third-order valence-electron chi connectivity index (χ3n) is 8.56. The molecule has 0 aromatic heterocycles. The topological polar surface area (TPSA) is 97.6 Å². The number of carbonyl (C=O) groups is 3. The molecule has 200 valence electrons. The van der Waals surface area contributed by atoms with Crippen molar-refractivity contribution in [3.63, 3.8) is 0 Å². The monoisotopic (exact) mass is 560 g/mol. The van der Waals surface area contributed by atoms with Gasteiger partial charge in [0.1, 0.15) is 11.5 Å². The van der Waals surface area contributed by atoms with Crippen LogP contribution in [0.3, 0.4) is 0 Å². The van der Waals surface area contributed by atoms with E-state index in [0.29, 0.717) is 27.4 Å². The first-order chi connectivity index (χ1) is 19.9. The van der Waals surface area contributed by atoms with Crippen molar-refractivity contribution in [1.29, 1.82) is 0 Å². The number of benzene rings is 4. The molecular formula is C33H21ClN2O5. The lowest BCUT2D eigenvalue weighted by Crippen LogP contribution is -2.48. The Hall–Kier alpha value is -4.88. The van der Waals surface area contributed by atoms with Crippen molar-refractivity contribution in [3.8, 4) is 0 Å². The number of ketones is 3. The van der Waals surface area contributed by atoms with Crippen LogP contribution in [0.4, 0.5) is 11.4 Å².